The Balaban J connectivity index is 2.05. The fourth-order valence-electron chi connectivity index (χ4n) is 1.75. The predicted octanol–water partition coefficient (Wildman–Crippen LogP) is 1.69. The van der Waals surface area contributed by atoms with Crippen molar-refractivity contribution in [1.29, 1.82) is 0 Å². The van der Waals surface area contributed by atoms with Crippen LogP contribution in [-0.2, 0) is 10.0 Å². The van der Waals surface area contributed by atoms with Gasteiger partial charge in [0, 0.05) is 11.3 Å². The average molecular weight is 308 g/mol. The van der Waals surface area contributed by atoms with Gasteiger partial charge in [-0.25, -0.2) is 23.1 Å². The number of rotatable bonds is 4. The first kappa shape index (κ1) is 14.0. The van der Waals surface area contributed by atoms with Crippen molar-refractivity contribution in [3.63, 3.8) is 0 Å². The molecule has 1 aliphatic heterocycles. The fourth-order valence-corrected chi connectivity index (χ4v) is 4.24. The van der Waals surface area contributed by atoms with Gasteiger partial charge in [-0.15, -0.1) is 0 Å². The van der Waals surface area contributed by atoms with E-state index in [9.17, 15) is 8.42 Å². The minimum Gasteiger partial charge on any atom is -0.225 e. The van der Waals surface area contributed by atoms with E-state index in [4.69, 9.17) is 11.6 Å². The molecule has 1 aromatic rings. The van der Waals surface area contributed by atoms with Gasteiger partial charge in [0.1, 0.15) is 4.90 Å². The van der Waals surface area contributed by atoms with Gasteiger partial charge in [0.2, 0.25) is 15.3 Å². The first-order valence-electron chi connectivity index (χ1n) is 5.52. The van der Waals surface area contributed by atoms with Gasteiger partial charge in [-0.2, -0.15) is 11.8 Å². The number of hydrogen-bond acceptors (Lipinski definition) is 5. The lowest BCUT2D eigenvalue weighted by molar-refractivity contribution is 0.552. The van der Waals surface area contributed by atoms with Crippen LogP contribution in [0.25, 0.3) is 0 Å². The van der Waals surface area contributed by atoms with Crippen LogP contribution in [0.5, 0.6) is 0 Å². The number of nitrogens with one attached hydrogen (secondary N) is 1. The van der Waals surface area contributed by atoms with E-state index in [1.807, 2.05) is 0 Å². The van der Waals surface area contributed by atoms with E-state index in [1.165, 1.54) is 12.4 Å². The lowest BCUT2D eigenvalue weighted by Crippen LogP contribution is -2.36. The van der Waals surface area contributed by atoms with E-state index in [1.54, 1.807) is 11.8 Å². The molecule has 1 N–H and O–H groups in total. The maximum absolute atomic E-state index is 12.0. The Bertz CT molecular complexity index is 512. The van der Waals surface area contributed by atoms with Crippen molar-refractivity contribution in [2.24, 2.45) is 0 Å². The second kappa shape index (κ2) is 5.32. The van der Waals surface area contributed by atoms with Crippen LogP contribution < -0.4 is 4.72 Å². The lowest BCUT2D eigenvalue weighted by atomic mass is 10.1. The summed E-state index contributed by atoms with van der Waals surface area (Å²) in [7, 11) is -3.55. The van der Waals surface area contributed by atoms with E-state index in [0.717, 1.165) is 18.6 Å². The van der Waals surface area contributed by atoms with Crippen LogP contribution in [0.4, 0.5) is 0 Å². The lowest BCUT2D eigenvalue weighted by Gasteiger charge is -2.22. The molecule has 1 aromatic heterocycles. The maximum atomic E-state index is 12.0. The molecule has 0 amide bonds. The number of sulfonamides is 1. The van der Waals surface area contributed by atoms with Gasteiger partial charge in [-0.05, 0) is 37.1 Å². The molecule has 5 nitrogen and oxygen atoms in total. The van der Waals surface area contributed by atoms with Crippen molar-refractivity contribution in [3.05, 3.63) is 17.7 Å². The van der Waals surface area contributed by atoms with E-state index < -0.39 is 10.0 Å². The fraction of sp³-hybridized carbons (Fsp3) is 0.600. The molecule has 1 atom stereocenters. The van der Waals surface area contributed by atoms with Crippen molar-refractivity contribution in [2.45, 2.75) is 29.4 Å². The summed E-state index contributed by atoms with van der Waals surface area (Å²) >= 11 is 7.33. The van der Waals surface area contributed by atoms with E-state index in [0.29, 0.717) is 6.54 Å². The molecule has 0 radical (unpaired) electrons. The Morgan fingerprint density at radius 1 is 1.50 bits per heavy atom. The Morgan fingerprint density at radius 3 is 2.72 bits per heavy atom. The summed E-state index contributed by atoms with van der Waals surface area (Å²) in [5, 5.41) is 0.0345. The third-order valence-corrected chi connectivity index (χ3v) is 5.93. The first-order valence-corrected chi connectivity index (χ1v) is 8.37. The van der Waals surface area contributed by atoms with E-state index in [2.05, 4.69) is 21.6 Å². The molecular weight excluding hydrogens is 294 g/mol. The van der Waals surface area contributed by atoms with Crippen LogP contribution in [0.3, 0.4) is 0 Å². The second-order valence-corrected chi connectivity index (χ2v) is 8.20. The predicted molar refractivity (Wildman–Crippen MR) is 72.3 cm³/mol. The van der Waals surface area contributed by atoms with Crippen LogP contribution in [0.1, 0.15) is 19.8 Å². The number of aromatic nitrogens is 2. The first-order chi connectivity index (χ1) is 8.41. The van der Waals surface area contributed by atoms with Crippen molar-refractivity contribution in [2.75, 3.05) is 12.3 Å². The molecule has 0 saturated carbocycles. The highest BCUT2D eigenvalue weighted by Gasteiger charge is 2.31. The van der Waals surface area contributed by atoms with Gasteiger partial charge in [-0.1, -0.05) is 0 Å². The molecular formula is C10H14ClN3O2S2. The van der Waals surface area contributed by atoms with Crippen LogP contribution in [0, 0.1) is 0 Å². The maximum Gasteiger partial charge on any atom is 0.243 e. The highest BCUT2D eigenvalue weighted by atomic mass is 35.5. The van der Waals surface area contributed by atoms with E-state index >= 15 is 0 Å². The number of thioether (sulfide) groups is 1. The zero-order valence-corrected chi connectivity index (χ0v) is 12.3. The van der Waals surface area contributed by atoms with Gasteiger partial charge in [-0.3, -0.25) is 0 Å². The Morgan fingerprint density at radius 2 is 2.17 bits per heavy atom. The summed E-state index contributed by atoms with van der Waals surface area (Å²) < 4.78 is 26.6. The topological polar surface area (TPSA) is 72.0 Å². The number of nitrogens with zero attached hydrogens (tertiary/aromatic N) is 2. The SMILES string of the molecule is CC1(CNS(=O)(=O)c2cnc(Cl)nc2)CCCS1. The van der Waals surface area contributed by atoms with Crippen LogP contribution in [-0.4, -0.2) is 35.4 Å². The molecule has 2 heterocycles. The molecule has 1 unspecified atom stereocenters. The highest BCUT2D eigenvalue weighted by Crippen LogP contribution is 2.37. The summed E-state index contributed by atoms with van der Waals surface area (Å²) in [4.78, 5) is 7.39. The van der Waals surface area contributed by atoms with Crippen LogP contribution in [0.15, 0.2) is 17.3 Å². The molecule has 1 aliphatic rings. The summed E-state index contributed by atoms with van der Waals surface area (Å²) in [5.41, 5.74) is 0. The highest BCUT2D eigenvalue weighted by molar-refractivity contribution is 8.01. The minimum atomic E-state index is -3.55. The molecule has 2 rings (SSSR count). The van der Waals surface area contributed by atoms with Crippen molar-refractivity contribution in [3.8, 4) is 0 Å². The van der Waals surface area contributed by atoms with Gasteiger partial charge in [0.05, 0.1) is 12.4 Å². The normalized spacial score (nSPS) is 24.3. The van der Waals surface area contributed by atoms with Crippen LogP contribution >= 0.6 is 23.4 Å². The van der Waals surface area contributed by atoms with Crippen molar-refractivity contribution in [1.82, 2.24) is 14.7 Å². The quantitative estimate of drug-likeness (QED) is 0.857. The Hall–Kier alpha value is -0.370. The third kappa shape index (κ3) is 3.34. The molecule has 8 heteroatoms. The van der Waals surface area contributed by atoms with Crippen molar-refractivity contribution < 1.29 is 8.42 Å². The molecule has 100 valence electrons. The third-order valence-electron chi connectivity index (χ3n) is 2.84. The smallest absolute Gasteiger partial charge is 0.225 e. The Labute approximate surface area is 116 Å². The minimum absolute atomic E-state index is 0.0135. The molecule has 0 bridgehead atoms. The summed E-state index contributed by atoms with van der Waals surface area (Å²) in [6.45, 7) is 2.49. The molecule has 0 aliphatic carbocycles. The zero-order chi connectivity index (χ0) is 13.2. The van der Waals surface area contributed by atoms with Gasteiger partial charge >= 0.3 is 0 Å². The molecule has 1 saturated heterocycles. The number of hydrogen-bond donors (Lipinski definition) is 1. The Kier molecular flexibility index (Phi) is 4.15. The van der Waals surface area contributed by atoms with Crippen LogP contribution in [0.2, 0.25) is 5.28 Å². The second-order valence-electron chi connectivity index (χ2n) is 4.41. The molecule has 18 heavy (non-hydrogen) atoms. The van der Waals surface area contributed by atoms with Gasteiger partial charge < -0.3 is 0 Å². The molecule has 0 spiro atoms. The standard InChI is InChI=1S/C10H14ClN3O2S2/c1-10(3-2-4-17-10)7-14-18(15,16)8-5-12-9(11)13-6-8/h5-6,14H,2-4,7H2,1H3. The van der Waals surface area contributed by atoms with Crippen molar-refractivity contribution >= 4 is 33.4 Å². The monoisotopic (exact) mass is 307 g/mol. The van der Waals surface area contributed by atoms with E-state index in [-0.39, 0.29) is 14.9 Å². The molecule has 1 fully saturated rings. The average Bonchev–Trinajstić information content (AvgIpc) is 2.75. The number of halogens is 1. The zero-order valence-electron chi connectivity index (χ0n) is 9.89. The molecule has 0 aromatic carbocycles. The summed E-state index contributed by atoms with van der Waals surface area (Å²) in [6.07, 6.45) is 4.58. The van der Waals surface area contributed by atoms with Gasteiger partial charge in [0.25, 0.3) is 0 Å². The largest absolute Gasteiger partial charge is 0.243 e. The summed E-state index contributed by atoms with van der Waals surface area (Å²) in [6, 6.07) is 0. The summed E-state index contributed by atoms with van der Waals surface area (Å²) in [5.74, 6) is 1.09. The van der Waals surface area contributed by atoms with Gasteiger partial charge in [0.15, 0.2) is 0 Å².